The van der Waals surface area contributed by atoms with Gasteiger partial charge in [0.2, 0.25) is 0 Å². The van der Waals surface area contributed by atoms with E-state index in [0.29, 0.717) is 11.6 Å². The van der Waals surface area contributed by atoms with Crippen LogP contribution >= 0.6 is 0 Å². The lowest BCUT2D eigenvalue weighted by Gasteiger charge is -2.12. The van der Waals surface area contributed by atoms with Crippen molar-refractivity contribution in [2.24, 2.45) is 0 Å². The van der Waals surface area contributed by atoms with Gasteiger partial charge in [0.05, 0.1) is 12.7 Å². The fraction of sp³-hybridized carbons (Fsp3) is 0.333. The number of nitrogens with one attached hydrogen (secondary N) is 1. The number of alkyl halides is 2. The van der Waals surface area contributed by atoms with Crippen LogP contribution < -0.4 is 14.8 Å². The third-order valence-corrected chi connectivity index (χ3v) is 4.33. The van der Waals surface area contributed by atoms with Gasteiger partial charge in [0.15, 0.2) is 18.1 Å². The van der Waals surface area contributed by atoms with Crippen LogP contribution in [0.4, 0.5) is 14.5 Å². The highest BCUT2D eigenvalue weighted by molar-refractivity contribution is 5.95. The van der Waals surface area contributed by atoms with Crippen molar-refractivity contribution in [2.45, 2.75) is 32.8 Å². The van der Waals surface area contributed by atoms with E-state index >= 15 is 0 Å². The van der Waals surface area contributed by atoms with Crippen LogP contribution in [0.25, 0.3) is 0 Å². The molecular formula is C21H23F2NO5. The minimum absolute atomic E-state index is 0.0363. The first-order chi connectivity index (χ1) is 13.8. The number of esters is 1. The smallest absolute Gasteiger partial charge is 0.387 e. The summed E-state index contributed by atoms with van der Waals surface area (Å²) in [6.45, 7) is 0.700. The molecule has 1 atom stereocenters. The molecule has 0 fully saturated rings. The third-order valence-electron chi connectivity index (χ3n) is 4.33. The summed E-state index contributed by atoms with van der Waals surface area (Å²) in [4.78, 5) is 24.1. The number of carbonyl (C=O) groups excluding carboxylic acids is 2. The van der Waals surface area contributed by atoms with Crippen molar-refractivity contribution >= 4 is 17.6 Å². The molecule has 0 saturated heterocycles. The van der Waals surface area contributed by atoms with Crippen molar-refractivity contribution in [3.05, 3.63) is 53.6 Å². The number of carbonyl (C=O) groups is 2. The molecule has 0 spiro atoms. The van der Waals surface area contributed by atoms with Crippen LogP contribution in [-0.4, -0.2) is 32.2 Å². The predicted molar refractivity (Wildman–Crippen MR) is 104 cm³/mol. The maximum atomic E-state index is 12.4. The van der Waals surface area contributed by atoms with Gasteiger partial charge < -0.3 is 19.5 Å². The zero-order valence-corrected chi connectivity index (χ0v) is 16.4. The Kier molecular flexibility index (Phi) is 7.94. The van der Waals surface area contributed by atoms with Crippen molar-refractivity contribution in [1.29, 1.82) is 0 Å². The first-order valence-corrected chi connectivity index (χ1v) is 9.03. The average Bonchev–Trinajstić information content (AvgIpc) is 2.71. The Labute approximate surface area is 167 Å². The summed E-state index contributed by atoms with van der Waals surface area (Å²) in [5.41, 5.74) is 1.80. The van der Waals surface area contributed by atoms with Crippen molar-refractivity contribution in [3.63, 3.8) is 0 Å². The number of rotatable bonds is 9. The molecule has 1 amide bonds. The molecule has 2 rings (SSSR count). The van der Waals surface area contributed by atoms with E-state index in [9.17, 15) is 18.4 Å². The van der Waals surface area contributed by atoms with E-state index < -0.39 is 25.1 Å². The van der Waals surface area contributed by atoms with Crippen LogP contribution in [-0.2, 0) is 9.53 Å². The molecule has 0 aliphatic rings. The predicted octanol–water partition coefficient (Wildman–Crippen LogP) is 4.61. The fourth-order valence-electron chi connectivity index (χ4n) is 2.53. The van der Waals surface area contributed by atoms with Gasteiger partial charge in [-0.1, -0.05) is 26.0 Å². The van der Waals surface area contributed by atoms with E-state index in [0.717, 1.165) is 6.42 Å². The number of hydrogen-bond donors (Lipinski definition) is 1. The number of halogens is 2. The molecule has 2 aromatic carbocycles. The Morgan fingerprint density at radius 3 is 2.34 bits per heavy atom. The van der Waals surface area contributed by atoms with Crippen LogP contribution in [0, 0.1) is 0 Å². The van der Waals surface area contributed by atoms with Gasteiger partial charge in [-0.15, -0.1) is 0 Å². The van der Waals surface area contributed by atoms with Crippen molar-refractivity contribution in [3.8, 4) is 11.5 Å². The highest BCUT2D eigenvalue weighted by Crippen LogP contribution is 2.29. The summed E-state index contributed by atoms with van der Waals surface area (Å²) in [6, 6.07) is 11.1. The molecule has 1 N–H and O–H groups in total. The Morgan fingerprint density at radius 1 is 1.07 bits per heavy atom. The van der Waals surface area contributed by atoms with Crippen molar-refractivity contribution in [2.75, 3.05) is 19.0 Å². The van der Waals surface area contributed by atoms with Crippen LogP contribution in [0.1, 0.15) is 42.1 Å². The van der Waals surface area contributed by atoms with Gasteiger partial charge in [0, 0.05) is 5.69 Å². The van der Waals surface area contributed by atoms with Gasteiger partial charge in [0.25, 0.3) is 5.91 Å². The molecule has 6 nitrogen and oxygen atoms in total. The van der Waals surface area contributed by atoms with Crippen LogP contribution in [0.3, 0.4) is 0 Å². The van der Waals surface area contributed by atoms with Gasteiger partial charge in [-0.3, -0.25) is 4.79 Å². The molecular weight excluding hydrogens is 384 g/mol. The molecule has 29 heavy (non-hydrogen) atoms. The van der Waals surface area contributed by atoms with Gasteiger partial charge in [-0.05, 0) is 48.2 Å². The highest BCUT2D eigenvalue weighted by atomic mass is 19.3. The summed E-state index contributed by atoms with van der Waals surface area (Å²) < 4.78 is 38.9. The molecule has 0 radical (unpaired) electrons. The number of hydrogen-bond acceptors (Lipinski definition) is 5. The van der Waals surface area contributed by atoms with Gasteiger partial charge in [-0.25, -0.2) is 4.79 Å². The topological polar surface area (TPSA) is 73.9 Å². The molecule has 0 bridgehead atoms. The van der Waals surface area contributed by atoms with E-state index in [1.54, 1.807) is 12.1 Å². The Bertz CT molecular complexity index is 839. The Hall–Kier alpha value is -3.16. The zero-order valence-electron chi connectivity index (χ0n) is 16.4. The van der Waals surface area contributed by atoms with Crippen LogP contribution in [0.2, 0.25) is 0 Å². The highest BCUT2D eigenvalue weighted by Gasteiger charge is 2.16. The van der Waals surface area contributed by atoms with Gasteiger partial charge >= 0.3 is 12.6 Å². The molecule has 0 heterocycles. The summed E-state index contributed by atoms with van der Waals surface area (Å²) in [5, 5.41) is 2.64. The van der Waals surface area contributed by atoms with Gasteiger partial charge in [-0.2, -0.15) is 8.78 Å². The monoisotopic (exact) mass is 407 g/mol. The second-order valence-corrected chi connectivity index (χ2v) is 6.30. The largest absolute Gasteiger partial charge is 0.493 e. The van der Waals surface area contributed by atoms with E-state index in [2.05, 4.69) is 23.9 Å². The molecule has 0 aromatic heterocycles. The standard InChI is InChI=1S/C21H23F2NO5/c1-4-13(2)14-5-8-16(9-6-14)24-19(25)12-28-20(26)15-7-10-17(29-21(22)23)18(11-15)27-3/h5-11,13,21H,4,12H2,1-3H3,(H,24,25)/t13-/m0/s1. The lowest BCUT2D eigenvalue weighted by Crippen LogP contribution is -2.21. The Balaban J connectivity index is 1.92. The minimum Gasteiger partial charge on any atom is -0.493 e. The van der Waals surface area contributed by atoms with Gasteiger partial charge in [0.1, 0.15) is 0 Å². The fourth-order valence-corrected chi connectivity index (χ4v) is 2.53. The first kappa shape index (κ1) is 22.1. The average molecular weight is 407 g/mol. The second kappa shape index (κ2) is 10.4. The number of ether oxygens (including phenoxy) is 3. The van der Waals surface area contributed by atoms with E-state index in [1.165, 1.54) is 30.9 Å². The minimum atomic E-state index is -3.02. The van der Waals surface area contributed by atoms with Crippen LogP contribution in [0.15, 0.2) is 42.5 Å². The Morgan fingerprint density at radius 2 is 1.76 bits per heavy atom. The van der Waals surface area contributed by atoms with Crippen molar-refractivity contribution in [1.82, 2.24) is 0 Å². The zero-order chi connectivity index (χ0) is 21.4. The quantitative estimate of drug-likeness (QED) is 0.615. The molecule has 2 aromatic rings. The van der Waals surface area contributed by atoms with E-state index in [-0.39, 0.29) is 17.1 Å². The maximum Gasteiger partial charge on any atom is 0.387 e. The second-order valence-electron chi connectivity index (χ2n) is 6.30. The lowest BCUT2D eigenvalue weighted by atomic mass is 9.99. The molecule has 0 aliphatic carbocycles. The number of methoxy groups -OCH3 is 1. The first-order valence-electron chi connectivity index (χ1n) is 9.03. The van der Waals surface area contributed by atoms with E-state index in [1.807, 2.05) is 12.1 Å². The molecule has 8 heteroatoms. The molecule has 0 saturated carbocycles. The SMILES string of the molecule is CC[C@H](C)c1ccc(NC(=O)COC(=O)c2ccc(OC(F)F)c(OC)c2)cc1. The molecule has 0 aliphatic heterocycles. The number of benzene rings is 2. The van der Waals surface area contributed by atoms with E-state index in [4.69, 9.17) is 9.47 Å². The summed E-state index contributed by atoms with van der Waals surface area (Å²) >= 11 is 0. The van der Waals surface area contributed by atoms with Crippen molar-refractivity contribution < 1.29 is 32.6 Å². The summed E-state index contributed by atoms with van der Waals surface area (Å²) in [5.74, 6) is -1.13. The maximum absolute atomic E-state index is 12.4. The lowest BCUT2D eigenvalue weighted by molar-refractivity contribution is -0.119. The number of amides is 1. The normalized spacial score (nSPS) is 11.7. The number of anilines is 1. The summed E-state index contributed by atoms with van der Waals surface area (Å²) in [6.07, 6.45) is 1.02. The molecule has 156 valence electrons. The van der Waals surface area contributed by atoms with Crippen LogP contribution in [0.5, 0.6) is 11.5 Å². The summed E-state index contributed by atoms with van der Waals surface area (Å²) in [7, 11) is 1.25. The molecule has 0 unspecified atom stereocenters. The third kappa shape index (κ3) is 6.44.